The average molecular weight is 254 g/mol. The van der Waals surface area contributed by atoms with Crippen LogP contribution < -0.4 is 5.32 Å². The largest absolute Gasteiger partial charge is 0.298 e. The summed E-state index contributed by atoms with van der Waals surface area (Å²) >= 11 is 0. The molecule has 1 unspecified atom stereocenters. The van der Waals surface area contributed by atoms with Gasteiger partial charge in [0.05, 0.1) is 6.67 Å². The van der Waals surface area contributed by atoms with Crippen molar-refractivity contribution in [2.45, 2.75) is 78.6 Å². The summed E-state index contributed by atoms with van der Waals surface area (Å²) in [5, 5.41) is 3.42. The van der Waals surface area contributed by atoms with Crippen LogP contribution in [0.1, 0.15) is 78.6 Å². The third-order valence-electron chi connectivity index (χ3n) is 3.31. The lowest BCUT2D eigenvalue weighted by Gasteiger charge is -2.11. The van der Waals surface area contributed by atoms with Gasteiger partial charge in [0.25, 0.3) is 0 Å². The summed E-state index contributed by atoms with van der Waals surface area (Å²) in [7, 11) is 0. The first kappa shape index (κ1) is 17.6. The molecule has 0 spiro atoms. The van der Waals surface area contributed by atoms with Crippen molar-refractivity contribution in [1.29, 1.82) is 0 Å². The molecule has 0 radical (unpaired) electrons. The molecule has 18 heavy (non-hydrogen) atoms. The van der Waals surface area contributed by atoms with Crippen molar-refractivity contribution in [2.24, 2.45) is 10.9 Å². The van der Waals surface area contributed by atoms with E-state index < -0.39 is 0 Å². The number of nitrogens with one attached hydrogen (secondary N) is 1. The minimum atomic E-state index is 0.789. The van der Waals surface area contributed by atoms with Gasteiger partial charge in [-0.05, 0) is 31.7 Å². The van der Waals surface area contributed by atoms with Crippen LogP contribution >= 0.6 is 0 Å². The lowest BCUT2D eigenvalue weighted by molar-refractivity contribution is 0.456. The summed E-state index contributed by atoms with van der Waals surface area (Å²) < 4.78 is 0. The Morgan fingerprint density at radius 2 is 1.72 bits per heavy atom. The zero-order valence-electron chi connectivity index (χ0n) is 12.9. The number of rotatable bonds is 13. The van der Waals surface area contributed by atoms with Crippen molar-refractivity contribution in [3.8, 4) is 0 Å². The van der Waals surface area contributed by atoms with Gasteiger partial charge < -0.3 is 0 Å². The van der Waals surface area contributed by atoms with E-state index >= 15 is 0 Å². The summed E-state index contributed by atoms with van der Waals surface area (Å²) in [4.78, 5) is 4.37. The predicted octanol–water partition coefficient (Wildman–Crippen LogP) is 4.79. The zero-order valence-corrected chi connectivity index (χ0v) is 12.9. The molecular formula is C16H34N2. The van der Waals surface area contributed by atoms with Crippen LogP contribution in [-0.4, -0.2) is 19.4 Å². The van der Waals surface area contributed by atoms with Crippen molar-refractivity contribution < 1.29 is 0 Å². The summed E-state index contributed by atoms with van der Waals surface area (Å²) in [6, 6.07) is 0. The minimum absolute atomic E-state index is 0.789. The Hall–Kier alpha value is -0.370. The minimum Gasteiger partial charge on any atom is -0.298 e. The molecule has 0 saturated carbocycles. The van der Waals surface area contributed by atoms with Crippen molar-refractivity contribution in [2.75, 3.05) is 13.2 Å². The molecule has 0 heterocycles. The highest BCUT2D eigenvalue weighted by Crippen LogP contribution is 2.10. The molecule has 2 nitrogen and oxygen atoms in total. The molecule has 0 aromatic rings. The Morgan fingerprint density at radius 1 is 1.00 bits per heavy atom. The Bertz CT molecular complexity index is 178. The lowest BCUT2D eigenvalue weighted by atomic mass is 10.0. The predicted molar refractivity (Wildman–Crippen MR) is 83.4 cm³/mol. The van der Waals surface area contributed by atoms with Crippen LogP contribution in [0.25, 0.3) is 0 Å². The van der Waals surface area contributed by atoms with Gasteiger partial charge in [-0.1, -0.05) is 59.3 Å². The van der Waals surface area contributed by atoms with Gasteiger partial charge in [0, 0.05) is 6.21 Å². The van der Waals surface area contributed by atoms with E-state index in [1.807, 2.05) is 0 Å². The summed E-state index contributed by atoms with van der Waals surface area (Å²) in [6.45, 7) is 8.73. The highest BCUT2D eigenvalue weighted by molar-refractivity contribution is 5.56. The molecule has 0 amide bonds. The molecule has 1 atom stereocenters. The first-order chi connectivity index (χ1) is 8.81. The number of aliphatic imine (C=N–C) groups is 1. The van der Waals surface area contributed by atoms with Crippen molar-refractivity contribution in [1.82, 2.24) is 5.32 Å². The van der Waals surface area contributed by atoms with Gasteiger partial charge in [-0.25, -0.2) is 0 Å². The van der Waals surface area contributed by atoms with Gasteiger partial charge in [-0.3, -0.25) is 10.3 Å². The van der Waals surface area contributed by atoms with Crippen LogP contribution in [0.4, 0.5) is 0 Å². The van der Waals surface area contributed by atoms with Crippen LogP contribution in [0.3, 0.4) is 0 Å². The molecule has 108 valence electrons. The number of nitrogens with zero attached hydrogens (tertiary/aromatic N) is 1. The summed E-state index contributed by atoms with van der Waals surface area (Å²) in [6.07, 6.45) is 14.0. The fourth-order valence-corrected chi connectivity index (χ4v) is 2.03. The topological polar surface area (TPSA) is 24.4 Å². The van der Waals surface area contributed by atoms with Gasteiger partial charge in [-0.15, -0.1) is 0 Å². The van der Waals surface area contributed by atoms with E-state index in [0.29, 0.717) is 0 Å². The third kappa shape index (κ3) is 13.7. The Morgan fingerprint density at radius 3 is 2.44 bits per heavy atom. The van der Waals surface area contributed by atoms with Crippen molar-refractivity contribution in [3.05, 3.63) is 0 Å². The van der Waals surface area contributed by atoms with Crippen LogP contribution in [0, 0.1) is 5.92 Å². The van der Waals surface area contributed by atoms with Crippen molar-refractivity contribution in [3.63, 3.8) is 0 Å². The molecule has 1 N–H and O–H groups in total. The van der Waals surface area contributed by atoms with Gasteiger partial charge >= 0.3 is 0 Å². The van der Waals surface area contributed by atoms with Crippen LogP contribution in [0.15, 0.2) is 4.99 Å². The second-order valence-electron chi connectivity index (χ2n) is 5.43. The molecule has 0 aromatic heterocycles. The Labute approximate surface area is 115 Å². The average Bonchev–Trinajstić information content (AvgIpc) is 2.37. The summed E-state index contributed by atoms with van der Waals surface area (Å²) in [5.41, 5.74) is 0. The molecule has 0 aliphatic carbocycles. The van der Waals surface area contributed by atoms with E-state index in [-0.39, 0.29) is 0 Å². The van der Waals surface area contributed by atoms with Gasteiger partial charge in [0.15, 0.2) is 0 Å². The third-order valence-corrected chi connectivity index (χ3v) is 3.31. The van der Waals surface area contributed by atoms with E-state index in [9.17, 15) is 0 Å². The van der Waals surface area contributed by atoms with Gasteiger partial charge in [0.1, 0.15) is 0 Å². The Balaban J connectivity index is 3.21. The van der Waals surface area contributed by atoms with E-state index in [2.05, 4.69) is 37.3 Å². The second kappa shape index (κ2) is 14.7. The van der Waals surface area contributed by atoms with E-state index in [0.717, 1.165) is 25.6 Å². The molecule has 0 aliphatic heterocycles. The maximum Gasteiger partial charge on any atom is 0.0880 e. The van der Waals surface area contributed by atoms with Gasteiger partial charge in [0.2, 0.25) is 0 Å². The molecule has 0 rings (SSSR count). The number of hydrogen-bond donors (Lipinski definition) is 1. The molecule has 0 aliphatic rings. The first-order valence-electron chi connectivity index (χ1n) is 8.00. The van der Waals surface area contributed by atoms with Crippen molar-refractivity contribution >= 4 is 6.21 Å². The molecule has 0 fully saturated rings. The maximum absolute atomic E-state index is 4.37. The van der Waals surface area contributed by atoms with E-state index in [1.54, 1.807) is 0 Å². The molecule has 0 bridgehead atoms. The first-order valence-corrected chi connectivity index (χ1v) is 8.00. The quantitative estimate of drug-likeness (QED) is 0.371. The maximum atomic E-state index is 4.37. The SMILES string of the molecule is CCCCC=NCNCC(C)CCCCCCC. The standard InChI is InChI=1S/C16H34N2/c1-4-6-8-9-10-12-16(3)14-18-15-17-13-11-7-5-2/h13,16,18H,4-12,14-15H2,1-3H3. The van der Waals surface area contributed by atoms with Gasteiger partial charge in [-0.2, -0.15) is 0 Å². The van der Waals surface area contributed by atoms with E-state index in [1.165, 1.54) is 51.4 Å². The molecule has 2 heteroatoms. The molecular weight excluding hydrogens is 220 g/mol. The smallest absolute Gasteiger partial charge is 0.0880 e. The zero-order chi connectivity index (χ0) is 13.5. The monoisotopic (exact) mass is 254 g/mol. The van der Waals surface area contributed by atoms with Crippen LogP contribution in [0.5, 0.6) is 0 Å². The normalized spacial score (nSPS) is 13.3. The lowest BCUT2D eigenvalue weighted by Crippen LogP contribution is -2.21. The number of hydrogen-bond acceptors (Lipinski definition) is 2. The Kier molecular flexibility index (Phi) is 14.4. The molecule has 0 saturated heterocycles. The van der Waals surface area contributed by atoms with Crippen LogP contribution in [0.2, 0.25) is 0 Å². The molecule has 0 aromatic carbocycles. The summed E-state index contributed by atoms with van der Waals surface area (Å²) in [5.74, 6) is 0.789. The highest BCUT2D eigenvalue weighted by Gasteiger charge is 2.00. The van der Waals surface area contributed by atoms with E-state index in [4.69, 9.17) is 0 Å². The fraction of sp³-hybridized carbons (Fsp3) is 0.938. The highest BCUT2D eigenvalue weighted by atomic mass is 15.0. The second-order valence-corrected chi connectivity index (χ2v) is 5.43. The van der Waals surface area contributed by atoms with Crippen LogP contribution in [-0.2, 0) is 0 Å². The fourth-order valence-electron chi connectivity index (χ4n) is 2.03. The number of unbranched alkanes of at least 4 members (excludes halogenated alkanes) is 6.